The normalized spacial score (nSPS) is 10.1. The number of nitrogens with two attached hydrogens (primary N) is 1. The van der Waals surface area contributed by atoms with Crippen LogP contribution in [-0.2, 0) is 6.54 Å². The molecule has 14 heavy (non-hydrogen) atoms. The molecule has 1 aromatic heterocycles. The summed E-state index contributed by atoms with van der Waals surface area (Å²) in [6.45, 7) is 1.34. The van der Waals surface area contributed by atoms with Gasteiger partial charge in [-0.25, -0.2) is 0 Å². The second kappa shape index (κ2) is 4.64. The van der Waals surface area contributed by atoms with E-state index in [4.69, 9.17) is 17.3 Å². The van der Waals surface area contributed by atoms with Crippen molar-refractivity contribution in [3.8, 4) is 0 Å². The van der Waals surface area contributed by atoms with Crippen LogP contribution in [0.25, 0.3) is 10.9 Å². The maximum atomic E-state index is 5.84. The highest BCUT2D eigenvalue weighted by Crippen LogP contribution is 2.18. The molecule has 1 aromatic carbocycles. The van der Waals surface area contributed by atoms with Crippen molar-refractivity contribution in [3.05, 3.63) is 29.4 Å². The molecular weight excluding hydrogens is 221 g/mol. The first-order valence-corrected chi connectivity index (χ1v) is 4.50. The summed E-state index contributed by atoms with van der Waals surface area (Å²) in [4.78, 5) is 0. The molecule has 0 fully saturated rings. The second-order valence-corrected chi connectivity index (χ2v) is 3.30. The molecule has 0 unspecified atom stereocenters. The lowest BCUT2D eigenvalue weighted by Crippen LogP contribution is -2.10. The monoisotopic (exact) mass is 231 g/mol. The fourth-order valence-corrected chi connectivity index (χ4v) is 1.54. The number of benzene rings is 1. The SMILES string of the molecule is Cl.NCCn1ncc2cc(Cl)ccc21. The number of aromatic nitrogens is 2. The highest BCUT2D eigenvalue weighted by molar-refractivity contribution is 6.31. The zero-order valence-corrected chi connectivity index (χ0v) is 9.05. The molecular formula is C9H11Cl2N3. The molecule has 1 heterocycles. The first-order valence-electron chi connectivity index (χ1n) is 4.12. The Balaban J connectivity index is 0.000000980. The molecule has 0 aliphatic rings. The Kier molecular flexibility index (Phi) is 3.75. The summed E-state index contributed by atoms with van der Waals surface area (Å²) < 4.78 is 1.88. The lowest BCUT2D eigenvalue weighted by molar-refractivity contribution is 0.646. The zero-order chi connectivity index (χ0) is 9.26. The van der Waals surface area contributed by atoms with E-state index in [1.54, 1.807) is 6.20 Å². The van der Waals surface area contributed by atoms with Crippen LogP contribution in [0.15, 0.2) is 24.4 Å². The van der Waals surface area contributed by atoms with E-state index in [-0.39, 0.29) is 12.4 Å². The van der Waals surface area contributed by atoms with Crippen molar-refractivity contribution in [2.45, 2.75) is 6.54 Å². The molecule has 0 aliphatic carbocycles. The zero-order valence-electron chi connectivity index (χ0n) is 7.48. The Hall–Kier alpha value is -0.770. The minimum atomic E-state index is 0. The Morgan fingerprint density at radius 3 is 2.93 bits per heavy atom. The average Bonchev–Trinajstić information content (AvgIpc) is 2.49. The van der Waals surface area contributed by atoms with Crippen LogP contribution in [0, 0.1) is 0 Å². The maximum Gasteiger partial charge on any atom is 0.0684 e. The predicted molar refractivity (Wildman–Crippen MR) is 61.0 cm³/mol. The van der Waals surface area contributed by atoms with Crippen LogP contribution < -0.4 is 5.73 Å². The third-order valence-corrected chi connectivity index (χ3v) is 2.18. The van der Waals surface area contributed by atoms with E-state index < -0.39 is 0 Å². The van der Waals surface area contributed by atoms with Gasteiger partial charge < -0.3 is 5.73 Å². The van der Waals surface area contributed by atoms with Gasteiger partial charge in [0.25, 0.3) is 0 Å². The van der Waals surface area contributed by atoms with E-state index >= 15 is 0 Å². The fraction of sp³-hybridized carbons (Fsp3) is 0.222. The third kappa shape index (κ3) is 2.00. The molecule has 0 bridgehead atoms. The standard InChI is InChI=1S/C9H10ClN3.ClH/c10-8-1-2-9-7(5-8)6-12-13(9)4-3-11;/h1-2,5-6H,3-4,11H2;1H. The summed E-state index contributed by atoms with van der Waals surface area (Å²) in [5.74, 6) is 0. The molecule has 0 saturated heterocycles. The van der Waals surface area contributed by atoms with Gasteiger partial charge in [0.15, 0.2) is 0 Å². The molecule has 0 amide bonds. The van der Waals surface area contributed by atoms with E-state index in [0.29, 0.717) is 6.54 Å². The molecule has 3 nitrogen and oxygen atoms in total. The van der Waals surface area contributed by atoms with Gasteiger partial charge in [0, 0.05) is 17.0 Å². The van der Waals surface area contributed by atoms with Crippen molar-refractivity contribution < 1.29 is 0 Å². The quantitative estimate of drug-likeness (QED) is 0.861. The van der Waals surface area contributed by atoms with E-state index in [1.165, 1.54) is 0 Å². The van der Waals surface area contributed by atoms with E-state index in [0.717, 1.165) is 22.5 Å². The first kappa shape index (κ1) is 11.3. The smallest absolute Gasteiger partial charge is 0.0684 e. The fourth-order valence-electron chi connectivity index (χ4n) is 1.36. The number of hydrogen-bond acceptors (Lipinski definition) is 2. The highest BCUT2D eigenvalue weighted by Gasteiger charge is 2.01. The van der Waals surface area contributed by atoms with Crippen molar-refractivity contribution in [2.24, 2.45) is 5.73 Å². The van der Waals surface area contributed by atoms with Crippen LogP contribution in [0.2, 0.25) is 5.02 Å². The lowest BCUT2D eigenvalue weighted by atomic mass is 10.2. The largest absolute Gasteiger partial charge is 0.329 e. The molecule has 0 aliphatic heterocycles. The van der Waals surface area contributed by atoms with Gasteiger partial charge in [-0.2, -0.15) is 5.10 Å². The minimum Gasteiger partial charge on any atom is -0.329 e. The third-order valence-electron chi connectivity index (χ3n) is 1.94. The number of rotatable bonds is 2. The van der Waals surface area contributed by atoms with Crippen LogP contribution in [0.4, 0.5) is 0 Å². The van der Waals surface area contributed by atoms with Crippen molar-refractivity contribution in [1.82, 2.24) is 9.78 Å². The number of nitrogens with zero attached hydrogens (tertiary/aromatic N) is 2. The maximum absolute atomic E-state index is 5.84. The summed E-state index contributed by atoms with van der Waals surface area (Å²) in [6, 6.07) is 5.72. The topological polar surface area (TPSA) is 43.8 Å². The molecule has 76 valence electrons. The molecule has 0 saturated carbocycles. The van der Waals surface area contributed by atoms with Crippen molar-refractivity contribution in [1.29, 1.82) is 0 Å². The van der Waals surface area contributed by atoms with Gasteiger partial charge >= 0.3 is 0 Å². The van der Waals surface area contributed by atoms with Gasteiger partial charge in [0.2, 0.25) is 0 Å². The van der Waals surface area contributed by atoms with Crippen LogP contribution in [0.5, 0.6) is 0 Å². The molecule has 0 spiro atoms. The van der Waals surface area contributed by atoms with Crippen LogP contribution in [0.3, 0.4) is 0 Å². The number of halogens is 2. The molecule has 0 atom stereocenters. The summed E-state index contributed by atoms with van der Waals surface area (Å²) in [5, 5.41) is 6.00. The lowest BCUT2D eigenvalue weighted by Gasteiger charge is -1.99. The number of fused-ring (bicyclic) bond motifs is 1. The Bertz CT molecular complexity index is 425. The van der Waals surface area contributed by atoms with Crippen molar-refractivity contribution >= 4 is 34.9 Å². The summed E-state index contributed by atoms with van der Waals surface area (Å²) in [5.41, 5.74) is 6.53. The summed E-state index contributed by atoms with van der Waals surface area (Å²) in [6.07, 6.45) is 1.80. The van der Waals surface area contributed by atoms with Crippen LogP contribution in [0.1, 0.15) is 0 Å². The van der Waals surface area contributed by atoms with Gasteiger partial charge in [0.1, 0.15) is 0 Å². The van der Waals surface area contributed by atoms with Gasteiger partial charge in [-0.1, -0.05) is 11.6 Å². The van der Waals surface area contributed by atoms with Crippen LogP contribution in [-0.4, -0.2) is 16.3 Å². The summed E-state index contributed by atoms with van der Waals surface area (Å²) >= 11 is 5.84. The minimum absolute atomic E-state index is 0. The van der Waals surface area contributed by atoms with Crippen molar-refractivity contribution in [2.75, 3.05) is 6.54 Å². The molecule has 0 radical (unpaired) electrons. The molecule has 2 N–H and O–H groups in total. The van der Waals surface area contributed by atoms with Gasteiger partial charge in [-0.15, -0.1) is 12.4 Å². The van der Waals surface area contributed by atoms with E-state index in [9.17, 15) is 0 Å². The van der Waals surface area contributed by atoms with Crippen LogP contribution >= 0.6 is 24.0 Å². The Morgan fingerprint density at radius 1 is 1.43 bits per heavy atom. The van der Waals surface area contributed by atoms with Gasteiger partial charge in [-0.3, -0.25) is 4.68 Å². The Morgan fingerprint density at radius 2 is 2.21 bits per heavy atom. The first-order chi connectivity index (χ1) is 6.31. The van der Waals surface area contributed by atoms with Gasteiger partial charge in [0.05, 0.1) is 18.3 Å². The average molecular weight is 232 g/mol. The molecule has 2 aromatic rings. The predicted octanol–water partition coefficient (Wildman–Crippen LogP) is 2.07. The molecule has 5 heteroatoms. The Labute approximate surface area is 93.2 Å². The van der Waals surface area contributed by atoms with Crippen molar-refractivity contribution in [3.63, 3.8) is 0 Å². The molecule has 2 rings (SSSR count). The van der Waals surface area contributed by atoms with Gasteiger partial charge in [-0.05, 0) is 18.2 Å². The number of hydrogen-bond donors (Lipinski definition) is 1. The second-order valence-electron chi connectivity index (χ2n) is 2.86. The highest BCUT2D eigenvalue weighted by atomic mass is 35.5. The summed E-state index contributed by atoms with van der Waals surface area (Å²) in [7, 11) is 0. The van der Waals surface area contributed by atoms with E-state index in [2.05, 4.69) is 5.10 Å². The van der Waals surface area contributed by atoms with E-state index in [1.807, 2.05) is 22.9 Å².